The van der Waals surface area contributed by atoms with Crippen molar-refractivity contribution in [1.82, 2.24) is 5.32 Å². The minimum atomic E-state index is -0.898. The second-order valence-corrected chi connectivity index (χ2v) is 11.5. The van der Waals surface area contributed by atoms with Crippen molar-refractivity contribution in [1.29, 1.82) is 0 Å². The molecule has 2 aromatic carbocycles. The standard InChI is InChI=1S/C32H36ClNO2/c1-32(2,3)21-23-17-15-22(16-18-23)19-29(30(35)25-11-8-12-26(33)20-25)34-31(36)28-14-7-5-10-24-9-4-6-13-27(24)28/h5-8,10-18,20,28-30,35H,4,9,19,21H2,1-3H3,(H,34,36)/t28?,29-,30-/m1/s1. The molecule has 36 heavy (non-hydrogen) atoms. The van der Waals surface area contributed by atoms with E-state index in [1.807, 2.05) is 30.4 Å². The summed E-state index contributed by atoms with van der Waals surface area (Å²) in [4.78, 5) is 13.6. The van der Waals surface area contributed by atoms with Crippen LogP contribution in [0.2, 0.25) is 5.02 Å². The molecular formula is C32H36ClNO2. The number of nitrogens with one attached hydrogen (secondary N) is 1. The van der Waals surface area contributed by atoms with E-state index in [0.717, 1.165) is 30.4 Å². The molecule has 2 aliphatic rings. The summed E-state index contributed by atoms with van der Waals surface area (Å²) in [6, 6.07) is 15.2. The molecule has 3 atom stereocenters. The zero-order valence-electron chi connectivity index (χ0n) is 21.4. The first-order chi connectivity index (χ1) is 17.2. The van der Waals surface area contributed by atoms with Crippen LogP contribution in [0.1, 0.15) is 56.4 Å². The zero-order chi connectivity index (χ0) is 25.7. The van der Waals surface area contributed by atoms with Crippen LogP contribution in [0.25, 0.3) is 0 Å². The molecule has 0 heterocycles. The number of rotatable bonds is 7. The number of hydrogen-bond acceptors (Lipinski definition) is 2. The van der Waals surface area contributed by atoms with Crippen LogP contribution in [-0.4, -0.2) is 17.1 Å². The van der Waals surface area contributed by atoms with Gasteiger partial charge >= 0.3 is 0 Å². The summed E-state index contributed by atoms with van der Waals surface area (Å²) >= 11 is 6.22. The smallest absolute Gasteiger partial charge is 0.231 e. The van der Waals surface area contributed by atoms with E-state index in [-0.39, 0.29) is 11.3 Å². The van der Waals surface area contributed by atoms with Gasteiger partial charge in [-0.15, -0.1) is 0 Å². The molecule has 0 radical (unpaired) electrons. The maximum Gasteiger partial charge on any atom is 0.231 e. The fourth-order valence-corrected chi connectivity index (χ4v) is 5.16. The number of carbonyl (C=O) groups is 1. The number of halogens is 1. The summed E-state index contributed by atoms with van der Waals surface area (Å²) in [6.07, 6.45) is 14.7. The average molecular weight is 502 g/mol. The molecule has 4 rings (SSSR count). The summed E-state index contributed by atoms with van der Waals surface area (Å²) in [5.74, 6) is -0.501. The predicted molar refractivity (Wildman–Crippen MR) is 149 cm³/mol. The Morgan fingerprint density at radius 2 is 1.83 bits per heavy atom. The lowest BCUT2D eigenvalue weighted by atomic mass is 9.87. The number of benzene rings is 2. The van der Waals surface area contributed by atoms with E-state index < -0.39 is 18.1 Å². The number of hydrogen-bond donors (Lipinski definition) is 2. The molecule has 0 aromatic heterocycles. The average Bonchev–Trinajstić information content (AvgIpc) is 3.06. The van der Waals surface area contributed by atoms with Crippen molar-refractivity contribution in [3.8, 4) is 0 Å². The molecule has 0 saturated carbocycles. The third kappa shape index (κ3) is 6.87. The van der Waals surface area contributed by atoms with Crippen LogP contribution in [-0.2, 0) is 17.6 Å². The van der Waals surface area contributed by atoms with Gasteiger partial charge in [0.25, 0.3) is 0 Å². The summed E-state index contributed by atoms with van der Waals surface area (Å²) < 4.78 is 0. The summed E-state index contributed by atoms with van der Waals surface area (Å²) in [5, 5.41) is 15.1. The van der Waals surface area contributed by atoms with Crippen molar-refractivity contribution in [2.45, 2.75) is 58.6 Å². The quantitative estimate of drug-likeness (QED) is 0.426. The summed E-state index contributed by atoms with van der Waals surface area (Å²) in [5.41, 5.74) is 5.47. The SMILES string of the molecule is CC(C)(C)Cc1ccc(C[C@@H](NC(=O)C2C=CC=CC3=C2C=CCC3)[C@H](O)c2cccc(Cl)c2)cc1. The lowest BCUT2D eigenvalue weighted by molar-refractivity contribution is -0.124. The van der Waals surface area contributed by atoms with E-state index in [1.165, 1.54) is 11.1 Å². The third-order valence-corrected chi connectivity index (χ3v) is 6.93. The van der Waals surface area contributed by atoms with Gasteiger partial charge in [-0.05, 0) is 71.1 Å². The first-order valence-corrected chi connectivity index (χ1v) is 13.1. The Balaban J connectivity index is 1.58. The Morgan fingerprint density at radius 3 is 2.56 bits per heavy atom. The normalized spacial score (nSPS) is 19.0. The van der Waals surface area contributed by atoms with Crippen LogP contribution in [0.15, 0.2) is 96.1 Å². The molecule has 2 aromatic rings. The highest BCUT2D eigenvalue weighted by molar-refractivity contribution is 6.30. The van der Waals surface area contributed by atoms with Gasteiger partial charge < -0.3 is 10.4 Å². The molecule has 0 spiro atoms. The fraction of sp³-hybridized carbons (Fsp3) is 0.344. The molecule has 4 heteroatoms. The van der Waals surface area contributed by atoms with Crippen molar-refractivity contribution in [2.24, 2.45) is 11.3 Å². The maximum atomic E-state index is 13.6. The Morgan fingerprint density at radius 1 is 1.08 bits per heavy atom. The summed E-state index contributed by atoms with van der Waals surface area (Å²) in [7, 11) is 0. The van der Waals surface area contributed by atoms with E-state index >= 15 is 0 Å². The minimum absolute atomic E-state index is 0.107. The van der Waals surface area contributed by atoms with Crippen molar-refractivity contribution < 1.29 is 9.90 Å². The van der Waals surface area contributed by atoms with Gasteiger partial charge in [-0.2, -0.15) is 0 Å². The highest BCUT2D eigenvalue weighted by atomic mass is 35.5. The Kier molecular flexibility index (Phi) is 8.33. The van der Waals surface area contributed by atoms with Gasteiger partial charge in [-0.25, -0.2) is 0 Å². The van der Waals surface area contributed by atoms with Gasteiger partial charge in [0, 0.05) is 5.02 Å². The highest BCUT2D eigenvalue weighted by Gasteiger charge is 2.29. The van der Waals surface area contributed by atoms with Crippen LogP contribution >= 0.6 is 11.6 Å². The van der Waals surface area contributed by atoms with Gasteiger partial charge in [0.2, 0.25) is 5.91 Å². The van der Waals surface area contributed by atoms with Crippen molar-refractivity contribution in [3.05, 3.63) is 118 Å². The largest absolute Gasteiger partial charge is 0.386 e. The van der Waals surface area contributed by atoms with Crippen LogP contribution < -0.4 is 5.32 Å². The van der Waals surface area contributed by atoms with Gasteiger partial charge in [0.1, 0.15) is 0 Å². The van der Waals surface area contributed by atoms with Crippen molar-refractivity contribution in [2.75, 3.05) is 0 Å². The number of carbonyl (C=O) groups excluding carboxylic acids is 1. The van der Waals surface area contributed by atoms with Crippen LogP contribution in [0.5, 0.6) is 0 Å². The van der Waals surface area contributed by atoms with E-state index in [2.05, 4.69) is 68.6 Å². The van der Waals surface area contributed by atoms with E-state index in [1.54, 1.807) is 12.1 Å². The number of amides is 1. The Labute approximate surface area is 220 Å². The molecule has 2 aliphatic carbocycles. The molecule has 0 aliphatic heterocycles. The van der Waals surface area contributed by atoms with E-state index in [0.29, 0.717) is 17.0 Å². The Bertz CT molecular complexity index is 1200. The topological polar surface area (TPSA) is 49.3 Å². The van der Waals surface area contributed by atoms with E-state index in [9.17, 15) is 9.90 Å². The molecule has 2 N–H and O–H groups in total. The van der Waals surface area contributed by atoms with Crippen LogP contribution in [0.3, 0.4) is 0 Å². The number of allylic oxidation sites excluding steroid dienone is 6. The number of aliphatic hydroxyl groups is 1. The molecule has 0 fully saturated rings. The van der Waals surface area contributed by atoms with Crippen molar-refractivity contribution >= 4 is 17.5 Å². The van der Waals surface area contributed by atoms with Gasteiger partial charge in [0.05, 0.1) is 18.1 Å². The third-order valence-electron chi connectivity index (χ3n) is 6.69. The minimum Gasteiger partial charge on any atom is -0.386 e. The second kappa shape index (κ2) is 11.5. The lowest BCUT2D eigenvalue weighted by Gasteiger charge is -2.28. The first-order valence-electron chi connectivity index (χ1n) is 12.8. The Hall–Kier alpha value is -2.88. The fourth-order valence-electron chi connectivity index (χ4n) is 4.96. The molecule has 1 unspecified atom stereocenters. The number of aliphatic hydroxyl groups excluding tert-OH is 1. The second-order valence-electron chi connectivity index (χ2n) is 11.0. The monoisotopic (exact) mass is 501 g/mol. The first kappa shape index (κ1) is 26.2. The van der Waals surface area contributed by atoms with E-state index in [4.69, 9.17) is 11.6 Å². The van der Waals surface area contributed by atoms with Gasteiger partial charge in [-0.1, -0.05) is 105 Å². The molecule has 1 amide bonds. The van der Waals surface area contributed by atoms with Gasteiger partial charge in [-0.3, -0.25) is 4.79 Å². The summed E-state index contributed by atoms with van der Waals surface area (Å²) in [6.45, 7) is 6.69. The molecule has 3 nitrogen and oxygen atoms in total. The van der Waals surface area contributed by atoms with Crippen molar-refractivity contribution in [3.63, 3.8) is 0 Å². The highest BCUT2D eigenvalue weighted by Crippen LogP contribution is 2.30. The zero-order valence-corrected chi connectivity index (χ0v) is 22.1. The molecule has 188 valence electrons. The lowest BCUT2D eigenvalue weighted by Crippen LogP contribution is -2.44. The molecule has 0 bridgehead atoms. The predicted octanol–water partition coefficient (Wildman–Crippen LogP) is 7.08. The maximum absolute atomic E-state index is 13.6. The molecular weight excluding hydrogens is 466 g/mol. The molecule has 0 saturated heterocycles. The van der Waals surface area contributed by atoms with Crippen LogP contribution in [0.4, 0.5) is 0 Å². The van der Waals surface area contributed by atoms with Gasteiger partial charge in [0.15, 0.2) is 0 Å². The van der Waals surface area contributed by atoms with Crippen LogP contribution in [0, 0.1) is 11.3 Å².